The second-order valence-electron chi connectivity index (χ2n) is 7.73. The standard InChI is InChI=1S/C24H24ClN5O4/c1-4-33-20-8-6-5-7-18(20)23(32)28-19-11-16(25)9-10-21(19)34-13-17-12-22(31)30-24(27-17)26-14-29(30)15(2)3/h5-12,14-15H,4,13H2,1-3H3,(H,28,32). The summed E-state index contributed by atoms with van der Waals surface area (Å²) < 4.78 is 14.6. The van der Waals surface area contributed by atoms with E-state index >= 15 is 0 Å². The highest BCUT2D eigenvalue weighted by Crippen LogP contribution is 2.30. The number of carbonyl (C=O) groups excluding carboxylic acids is 1. The van der Waals surface area contributed by atoms with Crippen molar-refractivity contribution in [2.45, 2.75) is 33.4 Å². The third kappa shape index (κ3) is 4.89. The van der Waals surface area contributed by atoms with E-state index in [2.05, 4.69) is 15.3 Å². The van der Waals surface area contributed by atoms with Crippen molar-refractivity contribution in [1.82, 2.24) is 19.2 Å². The number of carbonyl (C=O) groups is 1. The fourth-order valence-electron chi connectivity index (χ4n) is 3.41. The van der Waals surface area contributed by atoms with Crippen LogP contribution in [0.5, 0.6) is 11.5 Å². The maximum atomic E-state index is 12.9. The molecule has 0 saturated heterocycles. The van der Waals surface area contributed by atoms with Gasteiger partial charge in [0, 0.05) is 17.1 Å². The number of nitrogens with zero attached hydrogens (tertiary/aromatic N) is 4. The number of halogens is 1. The van der Waals surface area contributed by atoms with Gasteiger partial charge in [0.05, 0.1) is 23.6 Å². The highest BCUT2D eigenvalue weighted by molar-refractivity contribution is 6.31. The Morgan fingerprint density at radius 3 is 2.68 bits per heavy atom. The minimum atomic E-state index is -0.367. The average molecular weight is 482 g/mol. The van der Waals surface area contributed by atoms with Crippen molar-refractivity contribution in [2.75, 3.05) is 11.9 Å². The molecular weight excluding hydrogens is 458 g/mol. The Morgan fingerprint density at radius 1 is 1.12 bits per heavy atom. The Balaban J connectivity index is 1.56. The predicted octanol–water partition coefficient (Wildman–Crippen LogP) is 4.36. The molecule has 0 aliphatic heterocycles. The molecule has 10 heteroatoms. The van der Waals surface area contributed by atoms with Gasteiger partial charge < -0.3 is 14.8 Å². The number of nitrogens with one attached hydrogen (secondary N) is 1. The van der Waals surface area contributed by atoms with Gasteiger partial charge in [0.1, 0.15) is 24.4 Å². The molecule has 1 amide bonds. The van der Waals surface area contributed by atoms with Gasteiger partial charge in [-0.3, -0.25) is 14.3 Å². The number of fused-ring (bicyclic) bond motifs is 1. The lowest BCUT2D eigenvalue weighted by molar-refractivity contribution is 0.102. The third-order valence-electron chi connectivity index (χ3n) is 4.98. The molecule has 34 heavy (non-hydrogen) atoms. The summed E-state index contributed by atoms with van der Waals surface area (Å²) >= 11 is 6.16. The van der Waals surface area contributed by atoms with Gasteiger partial charge in [-0.05, 0) is 51.1 Å². The Morgan fingerprint density at radius 2 is 1.91 bits per heavy atom. The maximum Gasteiger partial charge on any atom is 0.274 e. The molecule has 2 aromatic heterocycles. The van der Waals surface area contributed by atoms with Crippen molar-refractivity contribution in [3.63, 3.8) is 0 Å². The van der Waals surface area contributed by atoms with Crippen molar-refractivity contribution in [1.29, 1.82) is 0 Å². The Labute approximate surface area is 200 Å². The zero-order valence-corrected chi connectivity index (χ0v) is 19.7. The van der Waals surface area contributed by atoms with Crippen molar-refractivity contribution in [2.24, 2.45) is 0 Å². The van der Waals surface area contributed by atoms with Crippen LogP contribution in [0.25, 0.3) is 5.78 Å². The minimum Gasteiger partial charge on any atom is -0.493 e. The average Bonchev–Trinajstić information content (AvgIpc) is 3.24. The third-order valence-corrected chi connectivity index (χ3v) is 5.22. The van der Waals surface area contributed by atoms with Gasteiger partial charge >= 0.3 is 0 Å². The molecule has 9 nitrogen and oxygen atoms in total. The monoisotopic (exact) mass is 481 g/mol. The molecule has 0 fully saturated rings. The fourth-order valence-corrected chi connectivity index (χ4v) is 3.59. The summed E-state index contributed by atoms with van der Waals surface area (Å²) in [6, 6.07) is 13.3. The predicted molar refractivity (Wildman–Crippen MR) is 129 cm³/mol. The molecule has 0 bridgehead atoms. The van der Waals surface area contributed by atoms with Gasteiger partial charge in [0.15, 0.2) is 0 Å². The molecule has 2 aromatic carbocycles. The molecule has 1 N–H and O–H groups in total. The van der Waals surface area contributed by atoms with E-state index in [0.29, 0.717) is 40.1 Å². The first-order valence-corrected chi connectivity index (χ1v) is 11.2. The summed E-state index contributed by atoms with van der Waals surface area (Å²) in [7, 11) is 0. The van der Waals surface area contributed by atoms with Crippen LogP contribution >= 0.6 is 11.6 Å². The highest BCUT2D eigenvalue weighted by Gasteiger charge is 2.16. The molecule has 0 radical (unpaired) electrons. The Hall–Kier alpha value is -3.85. The van der Waals surface area contributed by atoms with Gasteiger partial charge in [0.25, 0.3) is 17.2 Å². The number of para-hydroxylation sites is 1. The zero-order chi connectivity index (χ0) is 24.2. The second-order valence-corrected chi connectivity index (χ2v) is 8.16. The summed E-state index contributed by atoms with van der Waals surface area (Å²) in [5, 5.41) is 3.26. The van der Waals surface area contributed by atoms with E-state index in [0.717, 1.165) is 0 Å². The number of benzene rings is 2. The first-order valence-electron chi connectivity index (χ1n) is 10.8. The van der Waals surface area contributed by atoms with Crippen LogP contribution in [0.15, 0.2) is 59.7 Å². The lowest BCUT2D eigenvalue weighted by Gasteiger charge is -2.14. The van der Waals surface area contributed by atoms with Crippen LogP contribution in [0.2, 0.25) is 5.02 Å². The summed E-state index contributed by atoms with van der Waals surface area (Å²) in [5.74, 6) is 0.775. The van der Waals surface area contributed by atoms with E-state index in [1.165, 1.54) is 10.6 Å². The van der Waals surface area contributed by atoms with Crippen LogP contribution in [0.4, 0.5) is 5.69 Å². The smallest absolute Gasteiger partial charge is 0.274 e. The highest BCUT2D eigenvalue weighted by atomic mass is 35.5. The van der Waals surface area contributed by atoms with Crippen molar-refractivity contribution >= 4 is 29.0 Å². The van der Waals surface area contributed by atoms with Gasteiger partial charge in [-0.25, -0.2) is 4.98 Å². The molecule has 0 spiro atoms. The zero-order valence-electron chi connectivity index (χ0n) is 19.0. The molecule has 4 aromatic rings. The molecule has 0 saturated carbocycles. The second kappa shape index (κ2) is 9.96. The van der Waals surface area contributed by atoms with E-state index in [1.54, 1.807) is 53.5 Å². The van der Waals surface area contributed by atoms with Gasteiger partial charge in [-0.15, -0.1) is 0 Å². The van der Waals surface area contributed by atoms with Crippen LogP contribution < -0.4 is 20.3 Å². The molecule has 0 atom stereocenters. The molecule has 4 rings (SSSR count). The lowest BCUT2D eigenvalue weighted by Crippen LogP contribution is -2.23. The van der Waals surface area contributed by atoms with E-state index in [9.17, 15) is 9.59 Å². The number of aromatic nitrogens is 4. The van der Waals surface area contributed by atoms with E-state index in [1.807, 2.05) is 20.8 Å². The van der Waals surface area contributed by atoms with Crippen LogP contribution in [-0.2, 0) is 6.61 Å². The molecule has 0 unspecified atom stereocenters. The summed E-state index contributed by atoms with van der Waals surface area (Å²) in [6.45, 7) is 6.19. The fraction of sp³-hybridized carbons (Fsp3) is 0.250. The van der Waals surface area contributed by atoms with E-state index in [4.69, 9.17) is 21.1 Å². The molecule has 176 valence electrons. The quantitative estimate of drug-likeness (QED) is 0.401. The summed E-state index contributed by atoms with van der Waals surface area (Å²) in [4.78, 5) is 34.2. The minimum absolute atomic E-state index is 0.000312. The van der Waals surface area contributed by atoms with Crippen LogP contribution in [0, 0.1) is 0 Å². The maximum absolute atomic E-state index is 12.9. The number of amides is 1. The van der Waals surface area contributed by atoms with Gasteiger partial charge in [-0.2, -0.15) is 9.50 Å². The SMILES string of the molecule is CCOc1ccccc1C(=O)Nc1cc(Cl)ccc1OCc1cc(=O)n2c(ncn2C(C)C)n1. The Kier molecular flexibility index (Phi) is 6.83. The van der Waals surface area contributed by atoms with Crippen LogP contribution in [-0.4, -0.2) is 31.7 Å². The molecule has 0 aliphatic carbocycles. The number of hydrogen-bond acceptors (Lipinski definition) is 6. The Bertz CT molecular complexity index is 1400. The molecular formula is C24H24ClN5O4. The molecule has 2 heterocycles. The van der Waals surface area contributed by atoms with E-state index < -0.39 is 0 Å². The van der Waals surface area contributed by atoms with Crippen molar-refractivity contribution in [3.8, 4) is 11.5 Å². The number of anilines is 1. The molecule has 0 aliphatic rings. The summed E-state index contributed by atoms with van der Waals surface area (Å²) in [6.07, 6.45) is 1.58. The van der Waals surface area contributed by atoms with Crippen molar-refractivity contribution in [3.05, 3.63) is 81.5 Å². The number of ether oxygens (including phenoxy) is 2. The topological polar surface area (TPSA) is 99.7 Å². The van der Waals surface area contributed by atoms with E-state index in [-0.39, 0.29) is 29.9 Å². The number of rotatable bonds is 8. The lowest BCUT2D eigenvalue weighted by atomic mass is 10.1. The normalized spacial score (nSPS) is 11.1. The van der Waals surface area contributed by atoms with Crippen molar-refractivity contribution < 1.29 is 14.3 Å². The largest absolute Gasteiger partial charge is 0.493 e. The van der Waals surface area contributed by atoms with Gasteiger partial charge in [0.2, 0.25) is 0 Å². The van der Waals surface area contributed by atoms with Crippen LogP contribution in [0.3, 0.4) is 0 Å². The van der Waals surface area contributed by atoms with Gasteiger partial charge in [-0.1, -0.05) is 23.7 Å². The van der Waals surface area contributed by atoms with Crippen LogP contribution in [0.1, 0.15) is 42.9 Å². The first kappa shape index (κ1) is 23.3. The first-order chi connectivity index (χ1) is 16.4. The number of hydrogen-bond donors (Lipinski definition) is 1. The summed E-state index contributed by atoms with van der Waals surface area (Å²) in [5.41, 5.74) is 0.918.